The molecule has 0 saturated carbocycles. The highest BCUT2D eigenvalue weighted by Crippen LogP contribution is 2.32. The predicted molar refractivity (Wildman–Crippen MR) is 52.2 cm³/mol. The van der Waals surface area contributed by atoms with E-state index in [1.165, 1.54) is 12.1 Å². The summed E-state index contributed by atoms with van der Waals surface area (Å²) in [7, 11) is 1.64. The van der Waals surface area contributed by atoms with Crippen LogP contribution in [0.3, 0.4) is 0 Å². The second kappa shape index (κ2) is 4.51. The van der Waals surface area contributed by atoms with Gasteiger partial charge < -0.3 is 0 Å². The summed E-state index contributed by atoms with van der Waals surface area (Å²) in [5.74, 6) is 0. The monoisotopic (exact) mass is 213 g/mol. The molecular weight excluding hydrogens is 204 g/mol. The highest BCUT2D eigenvalue weighted by Gasteiger charge is 2.33. The lowest BCUT2D eigenvalue weighted by Crippen LogP contribution is -2.11. The number of benzene rings is 1. The number of aldehydes is 1. The Hall–Kier alpha value is -1.26. The van der Waals surface area contributed by atoms with Gasteiger partial charge in [-0.3, -0.25) is 4.79 Å². The van der Waals surface area contributed by atoms with Gasteiger partial charge in [0.15, 0.2) is 0 Å². The summed E-state index contributed by atoms with van der Waals surface area (Å²) in [5.41, 5.74) is -0.497. The van der Waals surface area contributed by atoms with E-state index in [2.05, 4.69) is 0 Å². The Morgan fingerprint density at radius 3 is 2.53 bits per heavy atom. The zero-order valence-corrected chi connectivity index (χ0v) is 8.14. The Morgan fingerprint density at radius 1 is 1.40 bits per heavy atom. The van der Waals surface area contributed by atoms with Crippen LogP contribution in [0.5, 0.6) is 0 Å². The molecule has 0 unspecified atom stereocenters. The Morgan fingerprint density at radius 2 is 2.07 bits per heavy atom. The van der Waals surface area contributed by atoms with Crippen LogP contribution in [0.1, 0.15) is 21.5 Å². The van der Waals surface area contributed by atoms with Crippen molar-refractivity contribution >= 4 is 13.6 Å². The average molecular weight is 213 g/mol. The van der Waals surface area contributed by atoms with Gasteiger partial charge >= 0.3 is 6.18 Å². The highest BCUT2D eigenvalue weighted by atomic mass is 19.4. The first-order chi connectivity index (χ1) is 6.99. The summed E-state index contributed by atoms with van der Waals surface area (Å²) in [6.07, 6.45) is -3.75. The summed E-state index contributed by atoms with van der Waals surface area (Å²) in [6.45, 7) is 1.69. The van der Waals surface area contributed by atoms with Gasteiger partial charge in [-0.05, 0) is 11.6 Å². The quantitative estimate of drug-likeness (QED) is 0.557. The van der Waals surface area contributed by atoms with Crippen molar-refractivity contribution in [2.75, 3.05) is 0 Å². The number of hydrogen-bond donors (Lipinski definition) is 0. The van der Waals surface area contributed by atoms with Gasteiger partial charge in [0, 0.05) is 5.56 Å². The molecule has 1 aromatic carbocycles. The molecule has 0 spiro atoms. The molecule has 0 aliphatic heterocycles. The van der Waals surface area contributed by atoms with E-state index in [4.69, 9.17) is 0 Å². The molecule has 1 rings (SSSR count). The van der Waals surface area contributed by atoms with Gasteiger partial charge in [0.2, 0.25) is 0 Å². The molecule has 1 aromatic rings. The van der Waals surface area contributed by atoms with Crippen LogP contribution in [0.2, 0.25) is 6.82 Å². The van der Waals surface area contributed by atoms with E-state index in [9.17, 15) is 18.0 Å². The maximum absolute atomic E-state index is 12.6. The van der Waals surface area contributed by atoms with Gasteiger partial charge in [-0.25, -0.2) is 0 Å². The second-order valence-electron chi connectivity index (χ2n) is 3.14. The normalized spacial score (nSPS) is 11.2. The molecule has 0 fully saturated rings. The van der Waals surface area contributed by atoms with Crippen molar-refractivity contribution in [1.29, 1.82) is 0 Å². The number of halogens is 3. The smallest absolute Gasteiger partial charge is 0.298 e. The minimum Gasteiger partial charge on any atom is -0.298 e. The Bertz CT molecular complexity index is 360. The van der Waals surface area contributed by atoms with Gasteiger partial charge in [-0.15, -0.1) is 0 Å². The Labute approximate surface area is 86.5 Å². The number of carbonyl (C=O) groups is 1. The third-order valence-electron chi connectivity index (χ3n) is 2.00. The Kier molecular flexibility index (Phi) is 3.55. The van der Waals surface area contributed by atoms with Crippen LogP contribution < -0.4 is 0 Å². The van der Waals surface area contributed by atoms with Crippen molar-refractivity contribution in [2.45, 2.75) is 19.3 Å². The second-order valence-corrected chi connectivity index (χ2v) is 3.14. The molecule has 0 bridgehead atoms. The fourth-order valence-corrected chi connectivity index (χ4v) is 1.33. The third-order valence-corrected chi connectivity index (χ3v) is 2.00. The van der Waals surface area contributed by atoms with E-state index in [1.807, 2.05) is 0 Å². The van der Waals surface area contributed by atoms with Crippen LogP contribution in [0.15, 0.2) is 18.2 Å². The van der Waals surface area contributed by atoms with Crippen molar-refractivity contribution in [3.63, 3.8) is 0 Å². The number of carbonyl (C=O) groups excluding carboxylic acids is 1. The zero-order valence-electron chi connectivity index (χ0n) is 8.14. The van der Waals surface area contributed by atoms with Gasteiger partial charge in [0.1, 0.15) is 13.6 Å². The molecule has 0 aliphatic rings. The van der Waals surface area contributed by atoms with Gasteiger partial charge in [-0.1, -0.05) is 25.3 Å². The molecule has 0 aromatic heterocycles. The van der Waals surface area contributed by atoms with Crippen molar-refractivity contribution in [3.05, 3.63) is 34.9 Å². The fourth-order valence-electron chi connectivity index (χ4n) is 1.33. The molecule has 79 valence electrons. The van der Waals surface area contributed by atoms with E-state index in [0.717, 1.165) is 6.07 Å². The van der Waals surface area contributed by atoms with Gasteiger partial charge in [0.25, 0.3) is 0 Å². The molecule has 15 heavy (non-hydrogen) atoms. The molecular formula is C10H9BF3O. The lowest BCUT2D eigenvalue weighted by Gasteiger charge is -2.12. The van der Waals surface area contributed by atoms with Crippen LogP contribution in [0, 0.1) is 0 Å². The van der Waals surface area contributed by atoms with Crippen molar-refractivity contribution in [2.24, 2.45) is 0 Å². The summed E-state index contributed by atoms with van der Waals surface area (Å²) in [4.78, 5) is 10.4. The van der Waals surface area contributed by atoms with Crippen molar-refractivity contribution in [3.8, 4) is 0 Å². The van der Waals surface area contributed by atoms with Crippen molar-refractivity contribution in [1.82, 2.24) is 0 Å². The summed E-state index contributed by atoms with van der Waals surface area (Å²) in [5, 5.41) is 0. The van der Waals surface area contributed by atoms with E-state index in [0.29, 0.717) is 6.29 Å². The maximum atomic E-state index is 12.6. The molecule has 0 aliphatic carbocycles. The SMILES string of the molecule is C[B]Cc1ccc(C=O)cc1C(F)(F)F. The van der Waals surface area contributed by atoms with Gasteiger partial charge in [-0.2, -0.15) is 13.2 Å². The number of rotatable bonds is 3. The van der Waals surface area contributed by atoms with E-state index >= 15 is 0 Å². The lowest BCUT2D eigenvalue weighted by atomic mass is 9.74. The third kappa shape index (κ3) is 2.84. The van der Waals surface area contributed by atoms with Crippen LogP contribution in [0.4, 0.5) is 13.2 Å². The first kappa shape index (κ1) is 11.8. The average Bonchev–Trinajstić information content (AvgIpc) is 2.17. The van der Waals surface area contributed by atoms with E-state index in [-0.39, 0.29) is 17.4 Å². The van der Waals surface area contributed by atoms with Crippen LogP contribution >= 0.6 is 0 Å². The predicted octanol–water partition coefficient (Wildman–Crippen LogP) is 2.77. The molecule has 1 radical (unpaired) electrons. The minimum absolute atomic E-state index is 0.0437. The fraction of sp³-hybridized carbons (Fsp3) is 0.300. The summed E-state index contributed by atoms with van der Waals surface area (Å²) >= 11 is 0. The molecule has 0 saturated heterocycles. The maximum Gasteiger partial charge on any atom is 0.416 e. The van der Waals surface area contributed by atoms with E-state index in [1.54, 1.807) is 14.1 Å². The molecule has 0 atom stereocenters. The van der Waals surface area contributed by atoms with Gasteiger partial charge in [0.05, 0.1) is 5.56 Å². The first-order valence-electron chi connectivity index (χ1n) is 4.42. The van der Waals surface area contributed by atoms with Crippen LogP contribution in [-0.2, 0) is 12.5 Å². The van der Waals surface area contributed by atoms with E-state index < -0.39 is 11.7 Å². The molecule has 0 N–H and O–H groups in total. The molecule has 0 amide bonds. The summed E-state index contributed by atoms with van der Waals surface area (Å²) < 4.78 is 37.7. The first-order valence-corrected chi connectivity index (χ1v) is 4.42. The molecule has 1 nitrogen and oxygen atoms in total. The summed E-state index contributed by atoms with van der Waals surface area (Å²) in [6, 6.07) is 3.61. The van der Waals surface area contributed by atoms with Crippen molar-refractivity contribution < 1.29 is 18.0 Å². The largest absolute Gasteiger partial charge is 0.416 e. The topological polar surface area (TPSA) is 17.1 Å². The Balaban J connectivity index is 3.22. The number of hydrogen-bond acceptors (Lipinski definition) is 1. The highest BCUT2D eigenvalue weighted by molar-refractivity contribution is 6.32. The lowest BCUT2D eigenvalue weighted by molar-refractivity contribution is -0.138. The van der Waals surface area contributed by atoms with Crippen LogP contribution in [-0.4, -0.2) is 13.6 Å². The minimum atomic E-state index is -4.41. The number of alkyl halides is 3. The standard InChI is InChI=1S/C10H9BF3O/c1-11-5-8-3-2-7(6-15)4-9(8)10(12,13)14/h2-4,6H,5H2,1H3. The molecule has 5 heteroatoms. The molecule has 0 heterocycles. The van der Waals surface area contributed by atoms with Crippen LogP contribution in [0.25, 0.3) is 0 Å². The zero-order chi connectivity index (χ0) is 11.5.